The molecule has 0 radical (unpaired) electrons. The van der Waals surface area contributed by atoms with E-state index < -0.39 is 0 Å². The van der Waals surface area contributed by atoms with Crippen LogP contribution in [0.15, 0.2) is 64.0 Å². The topological polar surface area (TPSA) is 42.1 Å². The Labute approximate surface area is 180 Å². The third-order valence-corrected chi connectivity index (χ3v) is 5.57. The number of aromatic nitrogens is 1. The normalized spacial score (nSPS) is 12.1. The van der Waals surface area contributed by atoms with Gasteiger partial charge < -0.3 is 9.64 Å². The molecule has 0 N–H and O–H groups in total. The van der Waals surface area contributed by atoms with E-state index in [-0.39, 0.29) is 5.82 Å². The minimum Gasteiger partial charge on any atom is -0.383 e. The van der Waals surface area contributed by atoms with Crippen LogP contribution < -0.4 is 9.70 Å². The highest BCUT2D eigenvalue weighted by atomic mass is 32.1. The minimum absolute atomic E-state index is 0.262. The zero-order valence-electron chi connectivity index (χ0n) is 17.6. The van der Waals surface area contributed by atoms with Gasteiger partial charge in [-0.05, 0) is 55.8 Å². The Morgan fingerprint density at radius 1 is 1.07 bits per heavy atom. The molecular weight excluding hydrogens is 399 g/mol. The standard InChI is InChI=1S/C23H27FN4OS/c1-4-27(5-2)21-12-6-18(7-13-21)16-26-28-22(19-8-10-20(24)11-9-19)17-30-23(28)25-14-15-29-3/h6-13,16-17H,4-5,14-15H2,1-3H3/b25-23?,26-16-. The van der Waals surface area contributed by atoms with Crippen molar-refractivity contribution >= 4 is 23.2 Å². The number of benzene rings is 2. The van der Waals surface area contributed by atoms with Crippen LogP contribution in [0.2, 0.25) is 0 Å². The van der Waals surface area contributed by atoms with Crippen molar-refractivity contribution in [3.8, 4) is 11.3 Å². The second-order valence-corrected chi connectivity index (χ2v) is 7.44. The average molecular weight is 427 g/mol. The van der Waals surface area contributed by atoms with E-state index in [4.69, 9.17) is 4.74 Å². The van der Waals surface area contributed by atoms with Gasteiger partial charge in [0.25, 0.3) is 0 Å². The fraction of sp³-hybridized carbons (Fsp3) is 0.304. The summed E-state index contributed by atoms with van der Waals surface area (Å²) in [7, 11) is 1.65. The molecule has 0 bridgehead atoms. The van der Waals surface area contributed by atoms with Crippen LogP contribution in [0.5, 0.6) is 0 Å². The summed E-state index contributed by atoms with van der Waals surface area (Å²) in [6, 6.07) is 14.7. The summed E-state index contributed by atoms with van der Waals surface area (Å²) in [6.07, 6.45) is 1.82. The Morgan fingerprint density at radius 3 is 2.40 bits per heavy atom. The van der Waals surface area contributed by atoms with E-state index in [1.54, 1.807) is 23.9 Å². The maximum atomic E-state index is 13.4. The van der Waals surface area contributed by atoms with Crippen molar-refractivity contribution in [1.82, 2.24) is 4.68 Å². The molecule has 30 heavy (non-hydrogen) atoms. The number of anilines is 1. The third-order valence-electron chi connectivity index (χ3n) is 4.71. The molecule has 0 unspecified atom stereocenters. The lowest BCUT2D eigenvalue weighted by Crippen LogP contribution is -2.21. The van der Waals surface area contributed by atoms with E-state index in [1.165, 1.54) is 29.2 Å². The van der Waals surface area contributed by atoms with Gasteiger partial charge in [-0.3, -0.25) is 4.99 Å². The molecule has 0 aliphatic carbocycles. The Balaban J connectivity index is 1.93. The van der Waals surface area contributed by atoms with E-state index in [0.29, 0.717) is 13.2 Å². The quantitative estimate of drug-likeness (QED) is 0.370. The van der Waals surface area contributed by atoms with Crippen molar-refractivity contribution in [3.05, 3.63) is 70.1 Å². The highest BCUT2D eigenvalue weighted by molar-refractivity contribution is 7.07. The van der Waals surface area contributed by atoms with Gasteiger partial charge in [-0.25, -0.2) is 9.07 Å². The number of nitrogens with zero attached hydrogens (tertiary/aromatic N) is 4. The smallest absolute Gasteiger partial charge is 0.206 e. The van der Waals surface area contributed by atoms with E-state index >= 15 is 0 Å². The number of halogens is 1. The Bertz CT molecular complexity index is 1020. The molecular formula is C23H27FN4OS. The Kier molecular flexibility index (Phi) is 7.93. The maximum absolute atomic E-state index is 13.4. The lowest BCUT2D eigenvalue weighted by molar-refractivity contribution is 0.207. The first-order valence-electron chi connectivity index (χ1n) is 10.0. The van der Waals surface area contributed by atoms with Crippen molar-refractivity contribution in [2.45, 2.75) is 13.8 Å². The summed E-state index contributed by atoms with van der Waals surface area (Å²) >= 11 is 1.50. The molecule has 0 amide bonds. The number of hydrogen-bond acceptors (Lipinski definition) is 5. The van der Waals surface area contributed by atoms with Crippen LogP contribution >= 0.6 is 11.3 Å². The van der Waals surface area contributed by atoms with Crippen LogP contribution in [-0.4, -0.2) is 44.2 Å². The van der Waals surface area contributed by atoms with Crippen LogP contribution in [-0.2, 0) is 4.74 Å². The first-order valence-corrected chi connectivity index (χ1v) is 10.9. The lowest BCUT2D eigenvalue weighted by Gasteiger charge is -2.20. The van der Waals surface area contributed by atoms with Gasteiger partial charge in [-0.2, -0.15) is 5.10 Å². The Hall–Kier alpha value is -2.77. The summed E-state index contributed by atoms with van der Waals surface area (Å²) < 4.78 is 20.3. The van der Waals surface area contributed by atoms with Gasteiger partial charge in [0, 0.05) is 36.8 Å². The number of rotatable bonds is 9. The molecule has 5 nitrogen and oxygen atoms in total. The molecule has 0 saturated carbocycles. The van der Waals surface area contributed by atoms with E-state index in [0.717, 1.165) is 34.7 Å². The molecule has 0 aliphatic rings. The molecule has 158 valence electrons. The number of ether oxygens (including phenoxy) is 1. The largest absolute Gasteiger partial charge is 0.383 e. The fourth-order valence-corrected chi connectivity index (χ4v) is 3.92. The first-order chi connectivity index (χ1) is 14.7. The number of methoxy groups -OCH3 is 1. The summed E-state index contributed by atoms with van der Waals surface area (Å²) in [5.41, 5.74) is 3.95. The lowest BCUT2D eigenvalue weighted by atomic mass is 10.2. The van der Waals surface area contributed by atoms with Crippen LogP contribution in [0.4, 0.5) is 10.1 Å². The number of hydrogen-bond donors (Lipinski definition) is 0. The fourth-order valence-electron chi connectivity index (χ4n) is 3.06. The van der Waals surface area contributed by atoms with Gasteiger partial charge in [0.05, 0.1) is 25.1 Å². The molecule has 0 spiro atoms. The molecule has 0 saturated heterocycles. The second-order valence-electron chi connectivity index (χ2n) is 6.61. The number of thiazole rings is 1. The molecule has 0 atom stereocenters. The maximum Gasteiger partial charge on any atom is 0.206 e. The molecule has 7 heteroatoms. The van der Waals surface area contributed by atoms with Gasteiger partial charge >= 0.3 is 0 Å². The summed E-state index contributed by atoms with van der Waals surface area (Å²) in [5.74, 6) is -0.262. The predicted molar refractivity (Wildman–Crippen MR) is 123 cm³/mol. The monoisotopic (exact) mass is 426 g/mol. The molecule has 1 heterocycles. The van der Waals surface area contributed by atoms with Gasteiger partial charge in [0.2, 0.25) is 4.80 Å². The molecule has 3 rings (SSSR count). The SMILES string of the molecule is CCN(CC)c1ccc(/C=N\n2c(-c3ccc(F)cc3)csc2=NCCOC)cc1. The van der Waals surface area contributed by atoms with Gasteiger partial charge in [-0.15, -0.1) is 11.3 Å². The van der Waals surface area contributed by atoms with E-state index in [9.17, 15) is 4.39 Å². The Morgan fingerprint density at radius 2 is 1.77 bits per heavy atom. The van der Waals surface area contributed by atoms with Crippen LogP contribution in [0.25, 0.3) is 11.3 Å². The summed E-state index contributed by atoms with van der Waals surface area (Å²) in [4.78, 5) is 7.66. The molecule has 3 aromatic rings. The second kappa shape index (κ2) is 10.8. The third kappa shape index (κ3) is 5.43. The van der Waals surface area contributed by atoms with Crippen LogP contribution in [0.3, 0.4) is 0 Å². The first kappa shape index (κ1) is 21.9. The van der Waals surface area contributed by atoms with Crippen molar-refractivity contribution in [1.29, 1.82) is 0 Å². The van der Waals surface area contributed by atoms with E-state index in [1.807, 2.05) is 11.6 Å². The van der Waals surface area contributed by atoms with Crippen molar-refractivity contribution in [3.63, 3.8) is 0 Å². The minimum atomic E-state index is -0.262. The van der Waals surface area contributed by atoms with Crippen LogP contribution in [0.1, 0.15) is 19.4 Å². The molecule has 0 aliphatic heterocycles. The van der Waals surface area contributed by atoms with Crippen molar-refractivity contribution < 1.29 is 9.13 Å². The van der Waals surface area contributed by atoms with Gasteiger partial charge in [0.1, 0.15) is 5.82 Å². The predicted octanol–water partition coefficient (Wildman–Crippen LogP) is 4.63. The van der Waals surface area contributed by atoms with Crippen LogP contribution in [0, 0.1) is 5.82 Å². The molecule has 2 aromatic carbocycles. The summed E-state index contributed by atoms with van der Waals surface area (Å²) in [5, 5.41) is 6.67. The highest BCUT2D eigenvalue weighted by Crippen LogP contribution is 2.21. The zero-order valence-corrected chi connectivity index (χ0v) is 18.4. The van der Waals surface area contributed by atoms with Gasteiger partial charge in [-0.1, -0.05) is 12.1 Å². The highest BCUT2D eigenvalue weighted by Gasteiger charge is 2.08. The zero-order chi connectivity index (χ0) is 21.3. The van der Waals surface area contributed by atoms with E-state index in [2.05, 4.69) is 53.1 Å². The molecule has 1 aromatic heterocycles. The average Bonchev–Trinajstić information content (AvgIpc) is 3.17. The van der Waals surface area contributed by atoms with Crippen molar-refractivity contribution in [2.24, 2.45) is 10.1 Å². The van der Waals surface area contributed by atoms with Gasteiger partial charge in [0.15, 0.2) is 0 Å². The van der Waals surface area contributed by atoms with Crippen molar-refractivity contribution in [2.75, 3.05) is 38.3 Å². The molecule has 0 fully saturated rings. The summed E-state index contributed by atoms with van der Waals surface area (Å²) in [6.45, 7) is 7.34.